The van der Waals surface area contributed by atoms with E-state index in [1.165, 1.54) is 0 Å². The molecule has 7 heteroatoms. The van der Waals surface area contributed by atoms with Gasteiger partial charge in [-0.05, 0) is 51.8 Å². The van der Waals surface area contributed by atoms with Gasteiger partial charge in [0, 0.05) is 13.1 Å². The number of aliphatic imine (C=N–C) groups is 1. The molecule has 1 atom stereocenters. The van der Waals surface area contributed by atoms with Crippen LogP contribution >= 0.6 is 0 Å². The van der Waals surface area contributed by atoms with Gasteiger partial charge in [-0.3, -0.25) is 4.79 Å². The highest BCUT2D eigenvalue weighted by Crippen LogP contribution is 2.30. The third-order valence-corrected chi connectivity index (χ3v) is 3.72. The van der Waals surface area contributed by atoms with Crippen molar-refractivity contribution in [3.63, 3.8) is 0 Å². The Balaban J connectivity index is 2.83. The van der Waals surface area contributed by atoms with E-state index >= 15 is 0 Å². The molecule has 1 aromatic rings. The quantitative estimate of drug-likeness (QED) is 0.407. The second-order valence-electron chi connectivity index (χ2n) is 5.98. The van der Waals surface area contributed by atoms with Crippen LogP contribution in [0.3, 0.4) is 0 Å². The van der Waals surface area contributed by atoms with Crippen LogP contribution in [0.5, 0.6) is 11.5 Å². The summed E-state index contributed by atoms with van der Waals surface area (Å²) < 4.78 is 11.3. The van der Waals surface area contributed by atoms with E-state index in [0.717, 1.165) is 23.5 Å². The van der Waals surface area contributed by atoms with Gasteiger partial charge in [0.2, 0.25) is 5.91 Å². The Hall–Kier alpha value is -2.44. The molecule has 0 radical (unpaired) electrons. The number of amides is 1. The normalized spacial score (nSPS) is 12.3. The summed E-state index contributed by atoms with van der Waals surface area (Å²) >= 11 is 0. The number of benzene rings is 1. The van der Waals surface area contributed by atoms with E-state index in [4.69, 9.17) is 9.47 Å². The fourth-order valence-electron chi connectivity index (χ4n) is 2.42. The molecule has 0 heterocycles. The minimum absolute atomic E-state index is 0.0172. The maximum atomic E-state index is 11.8. The van der Waals surface area contributed by atoms with Crippen LogP contribution in [0.4, 0.5) is 0 Å². The SMILES string of the molecule is CCCNC(=O)CN=C(NCC)NC(C)c1ccc(OCC)c(OCC)c1. The van der Waals surface area contributed by atoms with Crippen LogP contribution in [0, 0.1) is 0 Å². The third kappa shape index (κ3) is 8.19. The molecule has 0 saturated heterocycles. The molecule has 1 unspecified atom stereocenters. The number of nitrogens with one attached hydrogen (secondary N) is 3. The van der Waals surface area contributed by atoms with Crippen LogP contribution in [0.15, 0.2) is 23.2 Å². The molecule has 27 heavy (non-hydrogen) atoms. The number of carbonyl (C=O) groups is 1. The second kappa shape index (κ2) is 12.8. The number of carbonyl (C=O) groups excluding carboxylic acids is 1. The lowest BCUT2D eigenvalue weighted by Crippen LogP contribution is -2.39. The van der Waals surface area contributed by atoms with Crippen molar-refractivity contribution in [3.05, 3.63) is 23.8 Å². The number of hydrogen-bond donors (Lipinski definition) is 3. The molecule has 0 bridgehead atoms. The molecule has 3 N–H and O–H groups in total. The molecule has 0 aliphatic rings. The number of nitrogens with zero attached hydrogens (tertiary/aromatic N) is 1. The van der Waals surface area contributed by atoms with Crippen LogP contribution in [0.25, 0.3) is 0 Å². The molecule has 1 aromatic carbocycles. The third-order valence-electron chi connectivity index (χ3n) is 3.72. The van der Waals surface area contributed by atoms with E-state index in [1.807, 2.05) is 52.8 Å². The van der Waals surface area contributed by atoms with Gasteiger partial charge in [-0.25, -0.2) is 4.99 Å². The Labute approximate surface area is 162 Å². The van der Waals surface area contributed by atoms with Crippen LogP contribution < -0.4 is 25.4 Å². The zero-order chi connectivity index (χ0) is 20.1. The molecule has 1 rings (SSSR count). The van der Waals surface area contributed by atoms with Gasteiger partial charge < -0.3 is 25.4 Å². The van der Waals surface area contributed by atoms with Crippen molar-refractivity contribution in [1.29, 1.82) is 0 Å². The zero-order valence-corrected chi connectivity index (χ0v) is 17.2. The molecule has 7 nitrogen and oxygen atoms in total. The minimum atomic E-state index is -0.0820. The van der Waals surface area contributed by atoms with E-state index in [9.17, 15) is 4.79 Å². The summed E-state index contributed by atoms with van der Waals surface area (Å²) in [6, 6.07) is 5.88. The van der Waals surface area contributed by atoms with Crippen molar-refractivity contribution in [1.82, 2.24) is 16.0 Å². The lowest BCUT2D eigenvalue weighted by molar-refractivity contribution is -0.119. The van der Waals surface area contributed by atoms with Gasteiger partial charge in [0.1, 0.15) is 6.54 Å². The van der Waals surface area contributed by atoms with Gasteiger partial charge in [-0.2, -0.15) is 0 Å². The van der Waals surface area contributed by atoms with Crippen LogP contribution in [-0.2, 0) is 4.79 Å². The van der Waals surface area contributed by atoms with E-state index in [1.54, 1.807) is 0 Å². The fourth-order valence-corrected chi connectivity index (χ4v) is 2.42. The van der Waals surface area contributed by atoms with Gasteiger partial charge in [0.15, 0.2) is 17.5 Å². The van der Waals surface area contributed by atoms with Crippen molar-refractivity contribution in [2.45, 2.75) is 47.1 Å². The zero-order valence-electron chi connectivity index (χ0n) is 17.2. The minimum Gasteiger partial charge on any atom is -0.490 e. The highest BCUT2D eigenvalue weighted by Gasteiger charge is 2.12. The predicted octanol–water partition coefficient (Wildman–Crippen LogP) is 2.63. The monoisotopic (exact) mass is 378 g/mol. The number of ether oxygens (including phenoxy) is 2. The van der Waals surface area contributed by atoms with Crippen molar-refractivity contribution >= 4 is 11.9 Å². The van der Waals surface area contributed by atoms with Crippen molar-refractivity contribution < 1.29 is 14.3 Å². The first kappa shape index (κ1) is 22.6. The summed E-state index contributed by atoms with van der Waals surface area (Å²) in [5, 5.41) is 9.32. The fraction of sp³-hybridized carbons (Fsp3) is 0.600. The molecule has 0 spiro atoms. The maximum absolute atomic E-state index is 11.8. The summed E-state index contributed by atoms with van der Waals surface area (Å²) in [6.07, 6.45) is 0.907. The van der Waals surface area contributed by atoms with E-state index < -0.39 is 0 Å². The molecule has 0 aliphatic heterocycles. The highest BCUT2D eigenvalue weighted by molar-refractivity contribution is 5.85. The standard InChI is InChI=1S/C20H34N4O3/c1-6-12-22-19(25)14-23-20(21-7-2)24-15(5)16-10-11-17(26-8-3)18(13-16)27-9-4/h10-11,13,15H,6-9,12,14H2,1-5H3,(H,22,25)(H2,21,23,24). The van der Waals surface area contributed by atoms with Crippen LogP contribution in [0.2, 0.25) is 0 Å². The van der Waals surface area contributed by atoms with Crippen LogP contribution in [0.1, 0.15) is 52.6 Å². The molecule has 0 aromatic heterocycles. The number of rotatable bonds is 11. The Morgan fingerprint density at radius 3 is 2.41 bits per heavy atom. The maximum Gasteiger partial charge on any atom is 0.241 e. The van der Waals surface area contributed by atoms with Crippen molar-refractivity contribution in [3.8, 4) is 11.5 Å². The predicted molar refractivity (Wildman–Crippen MR) is 110 cm³/mol. The molecule has 1 amide bonds. The molecule has 0 fully saturated rings. The molecule has 152 valence electrons. The average Bonchev–Trinajstić information content (AvgIpc) is 2.66. The van der Waals surface area contributed by atoms with E-state index in [-0.39, 0.29) is 18.5 Å². The van der Waals surface area contributed by atoms with E-state index in [2.05, 4.69) is 20.9 Å². The summed E-state index contributed by atoms with van der Waals surface area (Å²) in [7, 11) is 0. The van der Waals surface area contributed by atoms with Gasteiger partial charge in [0.25, 0.3) is 0 Å². The Morgan fingerprint density at radius 1 is 1.07 bits per heavy atom. The first-order chi connectivity index (χ1) is 13.0. The summed E-state index contributed by atoms with van der Waals surface area (Å²) in [4.78, 5) is 16.1. The summed E-state index contributed by atoms with van der Waals surface area (Å²) in [5.41, 5.74) is 1.04. The first-order valence-corrected chi connectivity index (χ1v) is 9.76. The summed E-state index contributed by atoms with van der Waals surface area (Å²) in [5.74, 6) is 1.99. The van der Waals surface area contributed by atoms with Crippen molar-refractivity contribution in [2.24, 2.45) is 4.99 Å². The largest absolute Gasteiger partial charge is 0.490 e. The Morgan fingerprint density at radius 2 is 1.78 bits per heavy atom. The molecule has 0 aliphatic carbocycles. The van der Waals surface area contributed by atoms with Crippen LogP contribution in [-0.4, -0.2) is 44.7 Å². The highest BCUT2D eigenvalue weighted by atomic mass is 16.5. The van der Waals surface area contributed by atoms with Gasteiger partial charge >= 0.3 is 0 Å². The lowest BCUT2D eigenvalue weighted by atomic mass is 10.1. The smallest absolute Gasteiger partial charge is 0.241 e. The van der Waals surface area contributed by atoms with Gasteiger partial charge in [-0.1, -0.05) is 13.0 Å². The Kier molecular flexibility index (Phi) is 10.7. The van der Waals surface area contributed by atoms with E-state index in [0.29, 0.717) is 32.3 Å². The summed E-state index contributed by atoms with van der Waals surface area (Å²) in [6.45, 7) is 12.6. The first-order valence-electron chi connectivity index (χ1n) is 9.76. The average molecular weight is 379 g/mol. The molecular formula is C20H34N4O3. The van der Waals surface area contributed by atoms with Gasteiger partial charge in [0.05, 0.1) is 19.3 Å². The van der Waals surface area contributed by atoms with Gasteiger partial charge in [-0.15, -0.1) is 0 Å². The topological polar surface area (TPSA) is 84.0 Å². The number of guanidine groups is 1. The number of hydrogen-bond acceptors (Lipinski definition) is 4. The lowest BCUT2D eigenvalue weighted by Gasteiger charge is -2.20. The van der Waals surface area contributed by atoms with Crippen molar-refractivity contribution in [2.75, 3.05) is 32.8 Å². The second-order valence-corrected chi connectivity index (χ2v) is 5.98. The molecule has 0 saturated carbocycles. The molecular weight excluding hydrogens is 344 g/mol. The Bertz CT molecular complexity index is 605.